The number of nitrogens with zero attached hydrogens (tertiary/aromatic N) is 7. The molecule has 0 saturated carbocycles. The van der Waals surface area contributed by atoms with E-state index in [2.05, 4.69) is 126 Å². The molecule has 0 aliphatic heterocycles. The normalized spacial score (nSPS) is 11.4. The molecule has 0 aliphatic carbocycles. The first kappa shape index (κ1) is 33.2. The van der Waals surface area contributed by atoms with Crippen LogP contribution in [0.15, 0.2) is 189 Å². The van der Waals surface area contributed by atoms with Gasteiger partial charge in [0.05, 0.1) is 33.3 Å². The lowest BCUT2D eigenvalue weighted by atomic mass is 9.79. The Morgan fingerprint density at radius 1 is 0.362 bits per heavy atom. The molecule has 7 nitrogen and oxygen atoms in total. The fourth-order valence-corrected chi connectivity index (χ4v) is 8.91. The Kier molecular flexibility index (Phi) is 7.73. The van der Waals surface area contributed by atoms with Crippen molar-refractivity contribution < 1.29 is 0 Å². The minimum absolute atomic E-state index is 0.539. The number of aromatic nitrogens is 6. The lowest BCUT2D eigenvalue weighted by Gasteiger charge is -2.26. The molecule has 6 heterocycles. The zero-order valence-corrected chi connectivity index (χ0v) is 31.0. The van der Waals surface area contributed by atoms with Crippen molar-refractivity contribution >= 4 is 43.6 Å². The molecule has 0 radical (unpaired) electrons. The maximum Gasteiger partial charge on any atom is 0.102 e. The van der Waals surface area contributed by atoms with Crippen LogP contribution in [0, 0.1) is 11.3 Å². The second kappa shape index (κ2) is 13.5. The average Bonchev–Trinajstić information content (AvgIpc) is 3.82. The van der Waals surface area contributed by atoms with Crippen LogP contribution < -0.4 is 0 Å². The Morgan fingerprint density at radius 2 is 0.759 bits per heavy atom. The first-order valence-corrected chi connectivity index (χ1v) is 19.1. The lowest BCUT2D eigenvalue weighted by Crippen LogP contribution is -2.07. The molecule has 270 valence electrons. The summed E-state index contributed by atoms with van der Waals surface area (Å²) in [5.74, 6) is 0. The highest BCUT2D eigenvalue weighted by Gasteiger charge is 2.31. The summed E-state index contributed by atoms with van der Waals surface area (Å²) < 4.78 is 4.67. The number of fused-ring (bicyclic) bond motifs is 7. The highest BCUT2D eigenvalue weighted by Crippen LogP contribution is 2.53. The zero-order chi connectivity index (χ0) is 38.6. The van der Waals surface area contributed by atoms with Crippen LogP contribution in [0.25, 0.3) is 99.5 Å². The summed E-state index contributed by atoms with van der Waals surface area (Å²) in [6.07, 6.45) is 14.5. The van der Waals surface area contributed by atoms with Crippen molar-refractivity contribution in [2.45, 2.75) is 0 Å². The van der Waals surface area contributed by atoms with E-state index in [1.54, 1.807) is 24.8 Å². The van der Waals surface area contributed by atoms with E-state index in [9.17, 15) is 5.26 Å². The van der Waals surface area contributed by atoms with Crippen molar-refractivity contribution in [1.29, 1.82) is 5.26 Å². The molecule has 0 saturated heterocycles. The summed E-state index contributed by atoms with van der Waals surface area (Å²) in [5, 5.41) is 16.3. The second-order valence-corrected chi connectivity index (χ2v) is 14.2. The number of para-hydroxylation sites is 3. The van der Waals surface area contributed by atoms with Crippen LogP contribution in [0.4, 0.5) is 0 Å². The van der Waals surface area contributed by atoms with Crippen LogP contribution in [0.3, 0.4) is 0 Å². The highest BCUT2D eigenvalue weighted by molar-refractivity contribution is 6.29. The molecule has 0 atom stereocenters. The van der Waals surface area contributed by atoms with Crippen molar-refractivity contribution in [3.05, 3.63) is 195 Å². The van der Waals surface area contributed by atoms with Crippen LogP contribution in [0.5, 0.6) is 0 Å². The van der Waals surface area contributed by atoms with Gasteiger partial charge in [0.15, 0.2) is 0 Å². The summed E-state index contributed by atoms with van der Waals surface area (Å²) in [4.78, 5) is 17.7. The molecule has 0 N–H and O–H groups in total. The number of pyridine rings is 4. The molecule has 7 heteroatoms. The standard InChI is InChI=1S/C51H31N7/c52-32-40-45(33-16-24-53-25-17-33)46(34-18-26-54-27-19-34)47(35-20-28-55-29-21-35)48(36-22-30-56-31-23-36)51(40)58-42-13-7-5-11-39(42)50-44(58)15-14-43-49(50)38-10-4-6-12-41(38)57(43)37-8-2-1-3-9-37/h1-31H. The molecule has 0 bridgehead atoms. The summed E-state index contributed by atoms with van der Waals surface area (Å²) in [7, 11) is 0. The van der Waals surface area contributed by atoms with Gasteiger partial charge in [-0.1, -0.05) is 54.6 Å². The number of hydrogen-bond acceptors (Lipinski definition) is 5. The molecule has 0 fully saturated rings. The van der Waals surface area contributed by atoms with Gasteiger partial charge >= 0.3 is 0 Å². The Hall–Kier alpha value is -8.21. The van der Waals surface area contributed by atoms with Crippen molar-refractivity contribution in [3.8, 4) is 62.0 Å². The van der Waals surface area contributed by atoms with Crippen molar-refractivity contribution in [2.24, 2.45) is 0 Å². The molecule has 0 unspecified atom stereocenters. The number of rotatable bonds is 6. The van der Waals surface area contributed by atoms with Crippen LogP contribution >= 0.6 is 0 Å². The van der Waals surface area contributed by atoms with E-state index in [0.29, 0.717) is 5.56 Å². The Labute approximate surface area is 333 Å². The average molecular weight is 742 g/mol. The topological polar surface area (TPSA) is 85.2 Å². The fraction of sp³-hybridized carbons (Fsp3) is 0. The largest absolute Gasteiger partial charge is 0.309 e. The molecule has 5 aromatic carbocycles. The molecule has 11 aromatic rings. The van der Waals surface area contributed by atoms with Crippen molar-refractivity contribution in [3.63, 3.8) is 0 Å². The van der Waals surface area contributed by atoms with E-state index in [4.69, 9.17) is 0 Å². The lowest BCUT2D eigenvalue weighted by molar-refractivity contribution is 1.16. The maximum atomic E-state index is 11.7. The van der Waals surface area contributed by atoms with Gasteiger partial charge in [0.25, 0.3) is 0 Å². The van der Waals surface area contributed by atoms with E-state index in [-0.39, 0.29) is 0 Å². The maximum absolute atomic E-state index is 11.7. The first-order valence-electron chi connectivity index (χ1n) is 19.1. The van der Waals surface area contributed by atoms with E-state index < -0.39 is 0 Å². The van der Waals surface area contributed by atoms with E-state index >= 15 is 0 Å². The van der Waals surface area contributed by atoms with E-state index in [0.717, 1.165) is 99.5 Å². The van der Waals surface area contributed by atoms with Gasteiger partial charge in [0.2, 0.25) is 0 Å². The van der Waals surface area contributed by atoms with Gasteiger partial charge in [-0.25, -0.2) is 0 Å². The minimum atomic E-state index is 0.539. The third-order valence-corrected chi connectivity index (χ3v) is 11.2. The predicted molar refractivity (Wildman–Crippen MR) is 233 cm³/mol. The van der Waals surface area contributed by atoms with Gasteiger partial charge in [-0.05, 0) is 113 Å². The molecule has 58 heavy (non-hydrogen) atoms. The van der Waals surface area contributed by atoms with E-state index in [1.165, 1.54) is 0 Å². The monoisotopic (exact) mass is 741 g/mol. The van der Waals surface area contributed by atoms with Gasteiger partial charge in [-0.3, -0.25) is 19.9 Å². The zero-order valence-electron chi connectivity index (χ0n) is 31.0. The van der Waals surface area contributed by atoms with Gasteiger partial charge in [0, 0.05) is 93.5 Å². The molecular weight excluding hydrogens is 711 g/mol. The summed E-state index contributed by atoms with van der Waals surface area (Å²) >= 11 is 0. The first-order chi connectivity index (χ1) is 28.8. The van der Waals surface area contributed by atoms with Crippen LogP contribution in [0.1, 0.15) is 5.56 Å². The summed E-state index contributed by atoms with van der Waals surface area (Å²) in [6.45, 7) is 0. The van der Waals surface area contributed by atoms with Crippen molar-refractivity contribution in [1.82, 2.24) is 29.1 Å². The minimum Gasteiger partial charge on any atom is -0.309 e. The van der Waals surface area contributed by atoms with Crippen molar-refractivity contribution in [2.75, 3.05) is 0 Å². The van der Waals surface area contributed by atoms with Crippen LogP contribution in [0.2, 0.25) is 0 Å². The predicted octanol–water partition coefficient (Wildman–Crippen LogP) is 12.0. The third kappa shape index (κ3) is 4.99. The second-order valence-electron chi connectivity index (χ2n) is 14.2. The Balaban J connectivity index is 1.40. The third-order valence-electron chi connectivity index (χ3n) is 11.2. The smallest absolute Gasteiger partial charge is 0.102 e. The molecule has 11 rings (SSSR count). The molecule has 0 aliphatic rings. The molecular formula is C51H31N7. The highest BCUT2D eigenvalue weighted by atomic mass is 15.0. The molecule has 6 aromatic heterocycles. The number of benzene rings is 5. The summed E-state index contributed by atoms with van der Waals surface area (Å²) in [6, 6.07) is 51.1. The van der Waals surface area contributed by atoms with E-state index in [1.807, 2.05) is 73.3 Å². The van der Waals surface area contributed by atoms with Crippen LogP contribution in [-0.2, 0) is 0 Å². The number of hydrogen-bond donors (Lipinski definition) is 0. The molecule has 0 amide bonds. The SMILES string of the molecule is N#Cc1c(-c2ccncc2)c(-c2ccncc2)c(-c2ccncc2)c(-c2ccncc2)c1-n1c2ccccc2c2c3c4ccccc4n(-c4ccccc4)c3ccc21. The van der Waals surface area contributed by atoms with Crippen LogP contribution in [-0.4, -0.2) is 29.1 Å². The quantitative estimate of drug-likeness (QED) is 0.169. The summed E-state index contributed by atoms with van der Waals surface area (Å²) in [5.41, 5.74) is 13.9. The molecule has 0 spiro atoms. The van der Waals surface area contributed by atoms with Gasteiger partial charge in [-0.2, -0.15) is 5.26 Å². The Morgan fingerprint density at radius 3 is 1.26 bits per heavy atom. The number of nitriles is 1. The van der Waals surface area contributed by atoms with Gasteiger partial charge in [0.1, 0.15) is 6.07 Å². The fourth-order valence-electron chi connectivity index (χ4n) is 8.91. The Bertz CT molecular complexity index is 3370. The van der Waals surface area contributed by atoms with Gasteiger partial charge in [-0.15, -0.1) is 0 Å². The van der Waals surface area contributed by atoms with Gasteiger partial charge < -0.3 is 9.13 Å².